The second-order valence-electron chi connectivity index (χ2n) is 10.3. The SMILES string of the molecule is Cc1cc(C)c2cc(C(c3nnnn3CCc3ccccc3)N3CCN(C(=O)c4ccco4)CC3)c(=O)[nH]c2c1. The van der Waals surface area contributed by atoms with Crippen molar-refractivity contribution in [1.82, 2.24) is 35.0 Å². The third-order valence-electron chi connectivity index (χ3n) is 7.59. The highest BCUT2D eigenvalue weighted by Gasteiger charge is 2.34. The van der Waals surface area contributed by atoms with Crippen LogP contribution in [0.1, 0.15) is 44.7 Å². The van der Waals surface area contributed by atoms with E-state index in [9.17, 15) is 9.59 Å². The number of tetrazole rings is 1. The van der Waals surface area contributed by atoms with Crippen molar-refractivity contribution < 1.29 is 9.21 Å². The van der Waals surface area contributed by atoms with E-state index in [1.165, 1.54) is 11.8 Å². The van der Waals surface area contributed by atoms with E-state index in [4.69, 9.17) is 4.42 Å². The number of amides is 1. The van der Waals surface area contributed by atoms with Crippen molar-refractivity contribution in [2.75, 3.05) is 26.2 Å². The lowest BCUT2D eigenvalue weighted by molar-refractivity contribution is 0.0558. The number of benzene rings is 2. The fraction of sp³-hybridized carbons (Fsp3) is 0.300. The Balaban J connectivity index is 1.36. The molecule has 0 bridgehead atoms. The molecule has 204 valence electrons. The van der Waals surface area contributed by atoms with Crippen LogP contribution in [0.25, 0.3) is 10.9 Å². The Labute approximate surface area is 231 Å². The first-order valence-electron chi connectivity index (χ1n) is 13.5. The molecule has 1 aliphatic rings. The summed E-state index contributed by atoms with van der Waals surface area (Å²) in [5.41, 5.74) is 4.58. The summed E-state index contributed by atoms with van der Waals surface area (Å²) in [6.45, 7) is 6.72. The summed E-state index contributed by atoms with van der Waals surface area (Å²) in [5, 5.41) is 13.8. The molecule has 10 heteroatoms. The molecule has 1 saturated heterocycles. The molecule has 1 unspecified atom stereocenters. The van der Waals surface area contributed by atoms with Crippen LogP contribution in [0.4, 0.5) is 0 Å². The van der Waals surface area contributed by atoms with Gasteiger partial charge in [0, 0.05) is 49.2 Å². The standard InChI is InChI=1S/C30H31N7O3/c1-20-17-21(2)23-19-24(29(38)31-25(23)18-20)27(28-32-33-34-37(28)11-10-22-7-4-3-5-8-22)35-12-14-36(15-13-35)30(39)26-9-6-16-40-26/h3-9,16-19,27H,10-15H2,1-2H3,(H,31,38). The highest BCUT2D eigenvalue weighted by Crippen LogP contribution is 2.29. The number of nitrogens with one attached hydrogen (secondary N) is 1. The number of fused-ring (bicyclic) bond motifs is 1. The van der Waals surface area contributed by atoms with Crippen LogP contribution in [0.3, 0.4) is 0 Å². The lowest BCUT2D eigenvalue weighted by Crippen LogP contribution is -2.50. The van der Waals surface area contributed by atoms with Crippen LogP contribution in [0.15, 0.2) is 76.1 Å². The van der Waals surface area contributed by atoms with Gasteiger partial charge in [-0.2, -0.15) is 0 Å². The van der Waals surface area contributed by atoms with Crippen LogP contribution in [0, 0.1) is 13.8 Å². The molecule has 0 radical (unpaired) electrons. The van der Waals surface area contributed by atoms with Gasteiger partial charge in [0.25, 0.3) is 11.5 Å². The third-order valence-corrected chi connectivity index (χ3v) is 7.59. The number of rotatable bonds is 7. The van der Waals surface area contributed by atoms with E-state index in [2.05, 4.69) is 50.5 Å². The number of hydrogen-bond donors (Lipinski definition) is 1. The maximum Gasteiger partial charge on any atom is 0.289 e. The molecule has 2 aromatic carbocycles. The molecule has 0 spiro atoms. The number of hydrogen-bond acceptors (Lipinski definition) is 7. The summed E-state index contributed by atoms with van der Waals surface area (Å²) in [7, 11) is 0. The maximum atomic E-state index is 13.6. The number of aryl methyl sites for hydroxylation is 4. The molecule has 1 amide bonds. The average Bonchev–Trinajstić information content (AvgIpc) is 3.66. The van der Waals surface area contributed by atoms with Crippen molar-refractivity contribution in [2.45, 2.75) is 32.9 Å². The summed E-state index contributed by atoms with van der Waals surface area (Å²) in [5.74, 6) is 0.798. The number of nitrogens with zero attached hydrogens (tertiary/aromatic N) is 6. The molecule has 1 fully saturated rings. The van der Waals surface area contributed by atoms with E-state index in [0.717, 1.165) is 28.5 Å². The van der Waals surface area contributed by atoms with Gasteiger partial charge < -0.3 is 14.3 Å². The van der Waals surface area contributed by atoms with Gasteiger partial charge >= 0.3 is 0 Å². The van der Waals surface area contributed by atoms with Crippen LogP contribution in [-0.4, -0.2) is 67.1 Å². The summed E-state index contributed by atoms with van der Waals surface area (Å²) in [4.78, 5) is 33.6. The van der Waals surface area contributed by atoms with E-state index in [-0.39, 0.29) is 11.5 Å². The number of carbonyl (C=O) groups excluding carboxylic acids is 1. The largest absolute Gasteiger partial charge is 0.459 e. The van der Waals surface area contributed by atoms with Gasteiger partial charge in [-0.15, -0.1) is 5.10 Å². The highest BCUT2D eigenvalue weighted by atomic mass is 16.3. The molecule has 3 aromatic heterocycles. The molecule has 0 saturated carbocycles. The molecule has 1 aliphatic heterocycles. The minimum absolute atomic E-state index is 0.136. The number of pyridine rings is 1. The van der Waals surface area contributed by atoms with Crippen molar-refractivity contribution in [3.05, 3.63) is 111 Å². The molecule has 0 aliphatic carbocycles. The first-order chi connectivity index (χ1) is 19.5. The molecular formula is C30H31N7O3. The van der Waals surface area contributed by atoms with Crippen molar-refractivity contribution in [3.8, 4) is 0 Å². The first-order valence-corrected chi connectivity index (χ1v) is 13.5. The topological polar surface area (TPSA) is 113 Å². The zero-order chi connectivity index (χ0) is 27.6. The lowest BCUT2D eigenvalue weighted by Gasteiger charge is -2.38. The van der Waals surface area contributed by atoms with E-state index < -0.39 is 6.04 Å². The van der Waals surface area contributed by atoms with E-state index in [1.807, 2.05) is 37.3 Å². The Kier molecular flexibility index (Phi) is 7.00. The second kappa shape index (κ2) is 10.9. The van der Waals surface area contributed by atoms with Crippen LogP contribution in [-0.2, 0) is 13.0 Å². The molecule has 5 aromatic rings. The zero-order valence-corrected chi connectivity index (χ0v) is 22.6. The minimum Gasteiger partial charge on any atom is -0.459 e. The van der Waals surface area contributed by atoms with Crippen molar-refractivity contribution in [3.63, 3.8) is 0 Å². The fourth-order valence-electron chi connectivity index (χ4n) is 5.58. The Hall–Kier alpha value is -4.57. The molecule has 4 heterocycles. The van der Waals surface area contributed by atoms with Crippen molar-refractivity contribution in [2.24, 2.45) is 0 Å². The Morgan fingerprint density at radius 1 is 1.02 bits per heavy atom. The summed E-state index contributed by atoms with van der Waals surface area (Å²) in [6, 6.07) is 19.2. The molecule has 40 heavy (non-hydrogen) atoms. The zero-order valence-electron chi connectivity index (χ0n) is 22.6. The number of aromatic amines is 1. The van der Waals surface area contributed by atoms with Gasteiger partial charge in [0.15, 0.2) is 11.6 Å². The Morgan fingerprint density at radius 2 is 1.82 bits per heavy atom. The molecule has 10 nitrogen and oxygen atoms in total. The van der Waals surface area contributed by atoms with Gasteiger partial charge in [0.05, 0.1) is 6.26 Å². The van der Waals surface area contributed by atoms with E-state index in [1.54, 1.807) is 21.7 Å². The van der Waals surface area contributed by atoms with Crippen LogP contribution >= 0.6 is 0 Å². The predicted molar refractivity (Wildman–Crippen MR) is 150 cm³/mol. The number of furan rings is 1. The first kappa shape index (κ1) is 25.7. The van der Waals surface area contributed by atoms with Crippen LogP contribution in [0.2, 0.25) is 0 Å². The number of piperazine rings is 1. The quantitative estimate of drug-likeness (QED) is 0.338. The third kappa shape index (κ3) is 5.05. The molecule has 1 atom stereocenters. The lowest BCUT2D eigenvalue weighted by atomic mass is 9.99. The van der Waals surface area contributed by atoms with Crippen molar-refractivity contribution >= 4 is 16.8 Å². The molecule has 1 N–H and O–H groups in total. The number of carbonyl (C=O) groups is 1. The van der Waals surface area contributed by atoms with Gasteiger partial charge in [-0.3, -0.25) is 14.5 Å². The fourth-order valence-corrected chi connectivity index (χ4v) is 5.58. The Bertz CT molecular complexity index is 1680. The summed E-state index contributed by atoms with van der Waals surface area (Å²) in [6.07, 6.45) is 2.26. The summed E-state index contributed by atoms with van der Waals surface area (Å²) < 4.78 is 7.12. The van der Waals surface area contributed by atoms with Gasteiger partial charge in [0.2, 0.25) is 0 Å². The monoisotopic (exact) mass is 537 g/mol. The number of H-pyrrole nitrogens is 1. The minimum atomic E-state index is -0.486. The van der Waals surface area contributed by atoms with Gasteiger partial charge in [-0.05, 0) is 71.7 Å². The predicted octanol–water partition coefficient (Wildman–Crippen LogP) is 3.51. The van der Waals surface area contributed by atoms with Gasteiger partial charge in [-0.1, -0.05) is 36.4 Å². The second-order valence-corrected chi connectivity index (χ2v) is 10.3. The van der Waals surface area contributed by atoms with E-state index >= 15 is 0 Å². The Morgan fingerprint density at radius 3 is 2.58 bits per heavy atom. The number of aromatic nitrogens is 5. The van der Waals surface area contributed by atoms with E-state index in [0.29, 0.717) is 49.9 Å². The normalized spacial score (nSPS) is 15.0. The molecular weight excluding hydrogens is 506 g/mol. The highest BCUT2D eigenvalue weighted by molar-refractivity contribution is 5.91. The average molecular weight is 538 g/mol. The molecule has 6 rings (SSSR count). The summed E-state index contributed by atoms with van der Waals surface area (Å²) >= 11 is 0. The smallest absolute Gasteiger partial charge is 0.289 e. The van der Waals surface area contributed by atoms with Crippen molar-refractivity contribution in [1.29, 1.82) is 0 Å². The van der Waals surface area contributed by atoms with Gasteiger partial charge in [0.1, 0.15) is 6.04 Å². The van der Waals surface area contributed by atoms with Crippen LogP contribution in [0.5, 0.6) is 0 Å². The van der Waals surface area contributed by atoms with Gasteiger partial charge in [-0.25, -0.2) is 4.68 Å². The van der Waals surface area contributed by atoms with Crippen LogP contribution < -0.4 is 5.56 Å². The maximum absolute atomic E-state index is 13.6.